The predicted octanol–water partition coefficient (Wildman–Crippen LogP) is 5.30. The number of nitrogens with one attached hydrogen (secondary N) is 1. The van der Waals surface area contributed by atoms with Crippen LogP contribution in [0.3, 0.4) is 0 Å². The van der Waals surface area contributed by atoms with Gasteiger partial charge in [0.1, 0.15) is 5.75 Å². The summed E-state index contributed by atoms with van der Waals surface area (Å²) in [5, 5.41) is 5.23. The number of ether oxygens (including phenoxy) is 2. The Labute approximate surface area is 211 Å². The van der Waals surface area contributed by atoms with Crippen LogP contribution in [0.2, 0.25) is 0 Å². The molecule has 2 aliphatic rings. The predicted molar refractivity (Wildman–Crippen MR) is 141 cm³/mol. The van der Waals surface area contributed by atoms with E-state index in [2.05, 4.69) is 52.7 Å². The molecule has 0 radical (unpaired) electrons. The van der Waals surface area contributed by atoms with E-state index >= 15 is 0 Å². The molecule has 1 aliphatic heterocycles. The average Bonchev–Trinajstić information content (AvgIpc) is 3.52. The quantitative estimate of drug-likeness (QED) is 0.490. The lowest BCUT2D eigenvalue weighted by molar-refractivity contribution is -0.00971. The maximum absolute atomic E-state index is 13.0. The Bertz CT molecular complexity index is 1180. The van der Waals surface area contributed by atoms with Gasteiger partial charge in [0.05, 0.1) is 24.1 Å². The number of methoxy groups -OCH3 is 2. The van der Waals surface area contributed by atoms with E-state index in [0.29, 0.717) is 0 Å². The third kappa shape index (κ3) is 4.54. The maximum atomic E-state index is 13.0. The summed E-state index contributed by atoms with van der Waals surface area (Å²) < 4.78 is 11.6. The number of thiophene rings is 1. The highest BCUT2D eigenvalue weighted by atomic mass is 32.1. The molecule has 0 unspecified atom stereocenters. The number of piperidine rings is 1. The van der Waals surface area contributed by atoms with Crippen molar-refractivity contribution in [1.29, 1.82) is 0 Å². The van der Waals surface area contributed by atoms with Crippen LogP contribution in [0, 0.1) is 0 Å². The third-order valence-electron chi connectivity index (χ3n) is 7.51. The van der Waals surface area contributed by atoms with Gasteiger partial charge in [0.2, 0.25) is 0 Å². The number of rotatable bonds is 7. The molecule has 2 aromatic carbocycles. The van der Waals surface area contributed by atoms with Crippen molar-refractivity contribution < 1.29 is 14.3 Å². The van der Waals surface area contributed by atoms with Crippen molar-refractivity contribution in [2.75, 3.05) is 33.9 Å². The first-order valence-electron chi connectivity index (χ1n) is 12.1. The van der Waals surface area contributed by atoms with E-state index in [1.165, 1.54) is 22.5 Å². The van der Waals surface area contributed by atoms with E-state index in [9.17, 15) is 4.79 Å². The van der Waals surface area contributed by atoms with Crippen LogP contribution in [0.5, 0.6) is 5.75 Å². The van der Waals surface area contributed by atoms with Crippen molar-refractivity contribution in [3.05, 3.63) is 93.7 Å². The highest BCUT2D eigenvalue weighted by Gasteiger charge is 2.53. The van der Waals surface area contributed by atoms with E-state index < -0.39 is 0 Å². The summed E-state index contributed by atoms with van der Waals surface area (Å²) in [6.45, 7) is 2.86. The molecule has 5 nitrogen and oxygen atoms in total. The average molecular weight is 489 g/mol. The van der Waals surface area contributed by atoms with Gasteiger partial charge in [0, 0.05) is 24.6 Å². The number of benzene rings is 2. The summed E-state index contributed by atoms with van der Waals surface area (Å²) in [6.07, 6.45) is 6.26. The fraction of sp³-hybridized carbons (Fsp3) is 0.345. The van der Waals surface area contributed by atoms with Gasteiger partial charge in [-0.05, 0) is 54.6 Å². The van der Waals surface area contributed by atoms with Crippen LogP contribution < -0.4 is 10.1 Å². The molecular weight excluding hydrogens is 456 g/mol. The van der Waals surface area contributed by atoms with Crippen LogP contribution in [0.1, 0.15) is 45.2 Å². The molecule has 35 heavy (non-hydrogen) atoms. The fourth-order valence-corrected chi connectivity index (χ4v) is 6.44. The van der Waals surface area contributed by atoms with Crippen LogP contribution in [0.4, 0.5) is 0 Å². The number of hydrogen-bond acceptors (Lipinski definition) is 5. The van der Waals surface area contributed by atoms with E-state index in [0.717, 1.165) is 48.7 Å². The molecule has 182 valence electrons. The number of nitrogens with zero attached hydrogens (tertiary/aromatic N) is 1. The lowest BCUT2D eigenvalue weighted by Gasteiger charge is -2.44. The van der Waals surface area contributed by atoms with Crippen LogP contribution in [0.15, 0.2) is 72.1 Å². The van der Waals surface area contributed by atoms with E-state index in [-0.39, 0.29) is 23.5 Å². The highest BCUT2D eigenvalue weighted by Crippen LogP contribution is 2.52. The monoisotopic (exact) mass is 488 g/mol. The molecule has 3 aromatic rings. The Morgan fingerprint density at radius 2 is 1.86 bits per heavy atom. The van der Waals surface area contributed by atoms with Crippen LogP contribution >= 0.6 is 11.3 Å². The number of amides is 1. The van der Waals surface area contributed by atoms with Crippen molar-refractivity contribution >= 4 is 23.3 Å². The summed E-state index contributed by atoms with van der Waals surface area (Å²) in [4.78, 5) is 16.2. The molecule has 2 heterocycles. The second-order valence-electron chi connectivity index (χ2n) is 9.27. The molecule has 0 saturated carbocycles. The van der Waals surface area contributed by atoms with Gasteiger partial charge in [-0.1, -0.05) is 60.7 Å². The highest BCUT2D eigenvalue weighted by molar-refractivity contribution is 7.12. The minimum Gasteiger partial charge on any atom is -0.496 e. The van der Waals surface area contributed by atoms with E-state index in [1.54, 1.807) is 14.2 Å². The Kier molecular flexibility index (Phi) is 7.04. The molecule has 1 aromatic heterocycles. The molecule has 1 fully saturated rings. The topological polar surface area (TPSA) is 50.8 Å². The summed E-state index contributed by atoms with van der Waals surface area (Å²) in [5.41, 5.74) is 3.51. The smallest absolute Gasteiger partial charge is 0.261 e. The zero-order chi connectivity index (χ0) is 24.3. The number of hydrogen-bond donors (Lipinski definition) is 1. The first-order valence-corrected chi connectivity index (χ1v) is 13.0. The lowest BCUT2D eigenvalue weighted by Crippen LogP contribution is -2.50. The third-order valence-corrected chi connectivity index (χ3v) is 8.38. The molecule has 1 spiro atoms. The zero-order valence-corrected chi connectivity index (χ0v) is 21.1. The van der Waals surface area contributed by atoms with Crippen molar-refractivity contribution in [3.63, 3.8) is 0 Å². The van der Waals surface area contributed by atoms with E-state index in [4.69, 9.17) is 9.47 Å². The number of likely N-dealkylation sites (tertiary alicyclic amines) is 1. The molecule has 1 saturated heterocycles. The maximum Gasteiger partial charge on any atom is 0.261 e. The molecule has 1 aliphatic carbocycles. The van der Waals surface area contributed by atoms with Crippen LogP contribution in [-0.4, -0.2) is 50.8 Å². The second kappa shape index (κ2) is 10.4. The summed E-state index contributed by atoms with van der Waals surface area (Å²) in [6, 6.07) is 20.3. The first-order chi connectivity index (χ1) is 17.2. The van der Waals surface area contributed by atoms with Gasteiger partial charge >= 0.3 is 0 Å². The molecular formula is C29H32N2O3S. The molecule has 1 amide bonds. The molecule has 6 heteroatoms. The standard InChI is InChI=1S/C29H32N2O3S/c1-33-24-13-6-3-9-21(24)10-7-17-31-18-15-29(16-19-31)23-12-5-4-11-22(23)26(27(29)34-2)30-28(32)25-14-8-20-35-25/h3-14,20,26-27H,15-19H2,1-2H3,(H,30,32)/b10-7+/t26-,27+/m1/s1. The van der Waals surface area contributed by atoms with Gasteiger partial charge in [-0.3, -0.25) is 9.69 Å². The molecule has 0 bridgehead atoms. The number of para-hydroxylation sites is 1. The Morgan fingerprint density at radius 3 is 2.60 bits per heavy atom. The van der Waals surface area contributed by atoms with Crippen molar-refractivity contribution in [3.8, 4) is 5.75 Å². The zero-order valence-electron chi connectivity index (χ0n) is 20.3. The Morgan fingerprint density at radius 1 is 1.09 bits per heavy atom. The second-order valence-corrected chi connectivity index (χ2v) is 10.2. The van der Waals surface area contributed by atoms with Gasteiger partial charge in [-0.2, -0.15) is 0 Å². The van der Waals surface area contributed by atoms with Crippen LogP contribution in [0.25, 0.3) is 6.08 Å². The van der Waals surface area contributed by atoms with Crippen LogP contribution in [-0.2, 0) is 10.2 Å². The first kappa shape index (κ1) is 23.8. The number of fused-ring (bicyclic) bond motifs is 2. The largest absolute Gasteiger partial charge is 0.496 e. The van der Waals surface area contributed by atoms with Gasteiger partial charge in [0.15, 0.2) is 0 Å². The molecule has 2 atom stereocenters. The number of carbonyl (C=O) groups is 1. The Balaban J connectivity index is 1.31. The Hall–Kier alpha value is -2.93. The summed E-state index contributed by atoms with van der Waals surface area (Å²) >= 11 is 1.47. The van der Waals surface area contributed by atoms with Crippen molar-refractivity contribution in [1.82, 2.24) is 10.2 Å². The fourth-order valence-electron chi connectivity index (χ4n) is 5.81. The van der Waals surface area contributed by atoms with E-state index in [1.807, 2.05) is 35.7 Å². The van der Waals surface area contributed by atoms with Gasteiger partial charge in [0.25, 0.3) is 5.91 Å². The van der Waals surface area contributed by atoms with Gasteiger partial charge in [-0.25, -0.2) is 0 Å². The molecule has 5 rings (SSSR count). The van der Waals surface area contributed by atoms with Gasteiger partial charge in [-0.15, -0.1) is 11.3 Å². The minimum atomic E-state index is -0.150. The van der Waals surface area contributed by atoms with Crippen molar-refractivity contribution in [2.24, 2.45) is 0 Å². The normalized spacial score (nSPS) is 21.3. The SMILES string of the molecule is COc1ccccc1/C=C/CN1CCC2(CC1)c1ccccc1[C@@H](NC(=O)c1cccs1)[C@@H]2OC. The molecule has 1 N–H and O–H groups in total. The summed E-state index contributed by atoms with van der Waals surface area (Å²) in [5.74, 6) is 0.861. The van der Waals surface area contributed by atoms with Crippen molar-refractivity contribution in [2.45, 2.75) is 30.4 Å². The minimum absolute atomic E-state index is 0.0298. The number of carbonyl (C=O) groups excluding carboxylic acids is 1. The lowest BCUT2D eigenvalue weighted by atomic mass is 9.72. The van der Waals surface area contributed by atoms with Gasteiger partial charge < -0.3 is 14.8 Å². The summed E-state index contributed by atoms with van der Waals surface area (Å²) in [7, 11) is 3.49.